The van der Waals surface area contributed by atoms with Crippen molar-refractivity contribution >= 4 is 11.5 Å². The highest BCUT2D eigenvalue weighted by molar-refractivity contribution is 5.72. The molecule has 0 radical (unpaired) electrons. The van der Waals surface area contributed by atoms with E-state index in [2.05, 4.69) is 56.2 Å². The van der Waals surface area contributed by atoms with Crippen molar-refractivity contribution < 1.29 is 9.53 Å². The van der Waals surface area contributed by atoms with Gasteiger partial charge in [0.05, 0.1) is 0 Å². The molecular formula is C34H49NO2. The fourth-order valence-corrected chi connectivity index (χ4v) is 8.74. The smallest absolute Gasteiger partial charge is 0.306 e. The zero-order valence-electron chi connectivity index (χ0n) is 23.6. The van der Waals surface area contributed by atoms with Crippen LogP contribution in [0.1, 0.15) is 123 Å². The minimum absolute atomic E-state index is 0.0323. The average molecular weight is 504 g/mol. The summed E-state index contributed by atoms with van der Waals surface area (Å²) in [4.78, 5) is 17.0. The molecule has 0 aromatic carbocycles. The molecule has 1 aromatic rings. The van der Waals surface area contributed by atoms with E-state index in [-0.39, 0.29) is 22.9 Å². The van der Waals surface area contributed by atoms with E-state index in [1.165, 1.54) is 69.8 Å². The summed E-state index contributed by atoms with van der Waals surface area (Å²) < 4.78 is 6.02. The monoisotopic (exact) mass is 503 g/mol. The number of carbonyl (C=O) groups excluding carboxylic acids is 1. The van der Waals surface area contributed by atoms with Gasteiger partial charge < -0.3 is 4.74 Å². The van der Waals surface area contributed by atoms with Gasteiger partial charge >= 0.3 is 5.97 Å². The van der Waals surface area contributed by atoms with E-state index in [4.69, 9.17) is 4.74 Å². The molecule has 0 amide bonds. The first kappa shape index (κ1) is 26.7. The van der Waals surface area contributed by atoms with Crippen molar-refractivity contribution in [3.63, 3.8) is 0 Å². The first-order chi connectivity index (χ1) is 18.0. The molecular weight excluding hydrogens is 454 g/mol. The second-order valence-electron chi connectivity index (χ2n) is 13.0. The fourth-order valence-electron chi connectivity index (χ4n) is 8.74. The third-order valence-corrected chi connectivity index (χ3v) is 10.9. The van der Waals surface area contributed by atoms with Crippen molar-refractivity contribution in [2.45, 2.75) is 123 Å². The van der Waals surface area contributed by atoms with Crippen LogP contribution in [0.2, 0.25) is 0 Å². The number of rotatable bonds is 10. The van der Waals surface area contributed by atoms with Gasteiger partial charge in [-0.15, -0.1) is 0 Å². The lowest BCUT2D eigenvalue weighted by Crippen LogP contribution is -2.50. The van der Waals surface area contributed by atoms with Crippen LogP contribution in [0.15, 0.2) is 42.3 Å². The van der Waals surface area contributed by atoms with Gasteiger partial charge in [0.2, 0.25) is 0 Å². The number of carbonyl (C=O) groups is 1. The van der Waals surface area contributed by atoms with Crippen LogP contribution in [0.4, 0.5) is 0 Å². The van der Waals surface area contributed by atoms with Gasteiger partial charge in [0.1, 0.15) is 6.10 Å². The van der Waals surface area contributed by atoms with E-state index in [0.29, 0.717) is 6.42 Å². The highest BCUT2D eigenvalue weighted by Crippen LogP contribution is 2.66. The summed E-state index contributed by atoms with van der Waals surface area (Å²) in [5.41, 5.74) is 5.01. The molecule has 1 aromatic heterocycles. The molecule has 2 fully saturated rings. The summed E-state index contributed by atoms with van der Waals surface area (Å²) in [7, 11) is 0. The van der Waals surface area contributed by atoms with E-state index in [1.807, 2.05) is 6.20 Å². The van der Waals surface area contributed by atoms with Crippen LogP contribution < -0.4 is 0 Å². The summed E-state index contributed by atoms with van der Waals surface area (Å²) >= 11 is 0. The number of aromatic nitrogens is 1. The maximum absolute atomic E-state index is 12.6. The highest BCUT2D eigenvalue weighted by atomic mass is 16.5. The quantitative estimate of drug-likeness (QED) is 0.181. The number of ether oxygens (including phenoxy) is 1. The van der Waals surface area contributed by atoms with Crippen LogP contribution in [0.5, 0.6) is 0 Å². The van der Waals surface area contributed by atoms with Gasteiger partial charge in [0.15, 0.2) is 0 Å². The van der Waals surface area contributed by atoms with E-state index in [9.17, 15) is 4.79 Å². The molecule has 0 N–H and O–H groups in total. The van der Waals surface area contributed by atoms with Crippen LogP contribution in [0, 0.1) is 28.6 Å². The lowest BCUT2D eigenvalue weighted by molar-refractivity contribution is -0.151. The summed E-state index contributed by atoms with van der Waals surface area (Å²) in [6, 6.07) is 4.32. The molecule has 6 atom stereocenters. The van der Waals surface area contributed by atoms with Crippen LogP contribution in [-0.2, 0) is 9.53 Å². The first-order valence-corrected chi connectivity index (χ1v) is 15.5. The SMILES string of the molecule is CCCCCCCCCC(=O)OC1CCC2(C)C(=CCC3C2CCC2(C)C(c4cccnc4)=CCC32)C1. The van der Waals surface area contributed by atoms with Gasteiger partial charge in [-0.2, -0.15) is 0 Å². The lowest BCUT2D eigenvalue weighted by Gasteiger charge is -2.57. The molecule has 3 heteroatoms. The molecule has 1 heterocycles. The number of fused-ring (bicyclic) bond motifs is 5. The molecule has 2 saturated carbocycles. The molecule has 0 spiro atoms. The Labute approximate surface area is 225 Å². The maximum atomic E-state index is 12.6. The minimum atomic E-state index is 0.0323. The van der Waals surface area contributed by atoms with Crippen LogP contribution in [0.3, 0.4) is 0 Å². The molecule has 5 rings (SSSR count). The van der Waals surface area contributed by atoms with E-state index in [1.54, 1.807) is 11.1 Å². The summed E-state index contributed by atoms with van der Waals surface area (Å²) in [5, 5.41) is 0. The molecule has 202 valence electrons. The van der Waals surface area contributed by atoms with E-state index in [0.717, 1.165) is 43.4 Å². The topological polar surface area (TPSA) is 39.2 Å². The Morgan fingerprint density at radius 3 is 2.54 bits per heavy atom. The number of esters is 1. The predicted octanol–water partition coefficient (Wildman–Crippen LogP) is 9.09. The molecule has 6 unspecified atom stereocenters. The van der Waals surface area contributed by atoms with Gasteiger partial charge in [0, 0.05) is 25.2 Å². The Balaban J connectivity index is 1.16. The fraction of sp³-hybridized carbons (Fsp3) is 0.706. The molecule has 3 nitrogen and oxygen atoms in total. The second kappa shape index (κ2) is 11.5. The van der Waals surface area contributed by atoms with Crippen molar-refractivity contribution in [2.75, 3.05) is 0 Å². The van der Waals surface area contributed by atoms with Crippen LogP contribution in [0.25, 0.3) is 5.57 Å². The second-order valence-corrected chi connectivity index (χ2v) is 13.0. The minimum Gasteiger partial charge on any atom is -0.462 e. The van der Waals surface area contributed by atoms with Gasteiger partial charge in [-0.05, 0) is 90.7 Å². The van der Waals surface area contributed by atoms with Crippen molar-refractivity contribution in [1.82, 2.24) is 4.98 Å². The van der Waals surface area contributed by atoms with E-state index < -0.39 is 0 Å². The third kappa shape index (κ3) is 5.34. The Bertz CT molecular complexity index is 996. The Hall–Kier alpha value is -1.90. The molecule has 0 bridgehead atoms. The standard InChI is InChI=1S/C34H49NO2/c1-4-5-6-7-8-9-10-13-32(36)37-27-18-20-33(2)26(23-27)14-15-28-30-17-16-29(25-12-11-22-35-24-25)34(30,3)21-19-31(28)33/h11-12,14,16,22,24,27-28,30-31H,4-10,13,15,17-21,23H2,1-3H3. The van der Waals surface area contributed by atoms with E-state index >= 15 is 0 Å². The largest absolute Gasteiger partial charge is 0.462 e. The number of nitrogens with zero attached hydrogens (tertiary/aromatic N) is 1. The third-order valence-electron chi connectivity index (χ3n) is 10.9. The number of hydrogen-bond donors (Lipinski definition) is 0. The van der Waals surface area contributed by atoms with Crippen LogP contribution in [-0.4, -0.2) is 17.1 Å². The Morgan fingerprint density at radius 2 is 1.76 bits per heavy atom. The number of allylic oxidation sites excluding steroid dienone is 3. The van der Waals surface area contributed by atoms with Gasteiger partial charge in [-0.3, -0.25) is 9.78 Å². The first-order valence-electron chi connectivity index (χ1n) is 15.5. The highest BCUT2D eigenvalue weighted by Gasteiger charge is 2.57. The normalized spacial score (nSPS) is 34.6. The molecule has 4 aliphatic carbocycles. The van der Waals surface area contributed by atoms with Crippen molar-refractivity contribution in [1.29, 1.82) is 0 Å². The van der Waals surface area contributed by atoms with Crippen molar-refractivity contribution in [2.24, 2.45) is 28.6 Å². The molecule has 4 aliphatic rings. The molecule has 0 saturated heterocycles. The number of hydrogen-bond acceptors (Lipinski definition) is 3. The van der Waals surface area contributed by atoms with Gasteiger partial charge in [-0.25, -0.2) is 0 Å². The van der Waals surface area contributed by atoms with Gasteiger partial charge in [0.25, 0.3) is 0 Å². The average Bonchev–Trinajstić information content (AvgIpc) is 3.26. The van der Waals surface area contributed by atoms with Crippen molar-refractivity contribution in [3.8, 4) is 0 Å². The zero-order chi connectivity index (χ0) is 25.9. The summed E-state index contributed by atoms with van der Waals surface area (Å²) in [6.45, 7) is 7.32. The Kier molecular flexibility index (Phi) is 8.27. The Morgan fingerprint density at radius 1 is 0.973 bits per heavy atom. The zero-order valence-corrected chi connectivity index (χ0v) is 23.6. The summed E-state index contributed by atoms with van der Waals surface area (Å²) in [5.74, 6) is 2.28. The predicted molar refractivity (Wildman–Crippen MR) is 152 cm³/mol. The lowest BCUT2D eigenvalue weighted by atomic mass is 9.47. The molecule has 37 heavy (non-hydrogen) atoms. The van der Waals surface area contributed by atoms with Crippen LogP contribution >= 0.6 is 0 Å². The van der Waals surface area contributed by atoms with Gasteiger partial charge in [-0.1, -0.05) is 83.1 Å². The number of unbranched alkanes of at least 4 members (excludes halogenated alkanes) is 6. The summed E-state index contributed by atoms with van der Waals surface area (Å²) in [6.07, 6.45) is 26.5. The maximum Gasteiger partial charge on any atom is 0.306 e. The van der Waals surface area contributed by atoms with Crippen molar-refractivity contribution in [3.05, 3.63) is 47.8 Å². The number of pyridine rings is 1. The molecule has 0 aliphatic heterocycles.